The number of rotatable bonds is 3. The van der Waals surface area contributed by atoms with Crippen LogP contribution in [-0.2, 0) is 6.54 Å². The summed E-state index contributed by atoms with van der Waals surface area (Å²) in [4.78, 5) is 0. The average molecular weight is 271 g/mol. The zero-order valence-electron chi connectivity index (χ0n) is 10.5. The van der Waals surface area contributed by atoms with E-state index in [9.17, 15) is 8.78 Å². The Morgan fingerprint density at radius 2 is 1.90 bits per heavy atom. The molecule has 0 bridgehead atoms. The largest absolute Gasteiger partial charge is 0.379 e. The molecule has 0 unspecified atom stereocenters. The van der Waals surface area contributed by atoms with E-state index in [1.807, 2.05) is 24.3 Å². The fourth-order valence-electron chi connectivity index (χ4n) is 2.02. The number of anilines is 1. The highest BCUT2D eigenvalue weighted by Crippen LogP contribution is 2.21. The molecule has 0 amide bonds. The summed E-state index contributed by atoms with van der Waals surface area (Å²) in [6.45, 7) is 0.180. The molecule has 2 aromatic carbocycles. The standard InChI is InChI=1S/C15H11F2N3/c16-11-5-6-13(17)10(7-11)8-18-15-9-19-20-14-4-2-1-3-12(14)15/h1-7,9H,8H2,(H,18,20). The lowest BCUT2D eigenvalue weighted by molar-refractivity contribution is 0.587. The summed E-state index contributed by atoms with van der Waals surface area (Å²) in [7, 11) is 0. The van der Waals surface area contributed by atoms with Gasteiger partial charge in [-0.05, 0) is 24.3 Å². The molecular formula is C15H11F2N3. The molecule has 20 heavy (non-hydrogen) atoms. The van der Waals surface area contributed by atoms with Gasteiger partial charge in [0, 0.05) is 17.5 Å². The number of aromatic nitrogens is 2. The Labute approximate surface area is 114 Å². The predicted molar refractivity (Wildman–Crippen MR) is 73.2 cm³/mol. The smallest absolute Gasteiger partial charge is 0.128 e. The van der Waals surface area contributed by atoms with Crippen LogP contribution >= 0.6 is 0 Å². The number of nitrogens with zero attached hydrogens (tertiary/aromatic N) is 2. The van der Waals surface area contributed by atoms with Gasteiger partial charge in [-0.1, -0.05) is 18.2 Å². The van der Waals surface area contributed by atoms with Gasteiger partial charge in [-0.3, -0.25) is 0 Å². The fraction of sp³-hybridized carbons (Fsp3) is 0.0667. The van der Waals surface area contributed by atoms with E-state index in [4.69, 9.17) is 0 Å². The second kappa shape index (κ2) is 5.21. The number of nitrogens with one attached hydrogen (secondary N) is 1. The minimum absolute atomic E-state index is 0.180. The first-order valence-electron chi connectivity index (χ1n) is 6.12. The normalized spacial score (nSPS) is 10.7. The minimum Gasteiger partial charge on any atom is -0.379 e. The monoisotopic (exact) mass is 271 g/mol. The molecule has 1 N–H and O–H groups in total. The van der Waals surface area contributed by atoms with Crippen molar-refractivity contribution in [2.75, 3.05) is 5.32 Å². The van der Waals surface area contributed by atoms with Crippen molar-refractivity contribution in [3.8, 4) is 0 Å². The van der Waals surface area contributed by atoms with Crippen LogP contribution in [0.3, 0.4) is 0 Å². The van der Waals surface area contributed by atoms with E-state index in [-0.39, 0.29) is 12.1 Å². The van der Waals surface area contributed by atoms with E-state index < -0.39 is 11.6 Å². The summed E-state index contributed by atoms with van der Waals surface area (Å²) in [5.74, 6) is -0.897. The molecule has 0 spiro atoms. The zero-order chi connectivity index (χ0) is 13.9. The van der Waals surface area contributed by atoms with E-state index in [0.29, 0.717) is 0 Å². The fourth-order valence-corrected chi connectivity index (χ4v) is 2.02. The average Bonchev–Trinajstić information content (AvgIpc) is 2.48. The summed E-state index contributed by atoms with van der Waals surface area (Å²) in [5.41, 5.74) is 1.75. The van der Waals surface area contributed by atoms with Crippen LogP contribution in [0, 0.1) is 11.6 Å². The number of hydrogen-bond acceptors (Lipinski definition) is 3. The van der Waals surface area contributed by atoms with E-state index >= 15 is 0 Å². The highest BCUT2D eigenvalue weighted by Gasteiger charge is 2.06. The molecular weight excluding hydrogens is 260 g/mol. The van der Waals surface area contributed by atoms with Crippen LogP contribution in [0.2, 0.25) is 0 Å². The summed E-state index contributed by atoms with van der Waals surface area (Å²) in [5, 5.41) is 11.8. The molecule has 3 aromatic rings. The maximum atomic E-state index is 13.6. The highest BCUT2D eigenvalue weighted by molar-refractivity contribution is 5.90. The molecule has 0 fully saturated rings. The maximum absolute atomic E-state index is 13.6. The molecule has 0 saturated carbocycles. The third-order valence-electron chi connectivity index (χ3n) is 3.02. The number of benzene rings is 2. The quantitative estimate of drug-likeness (QED) is 0.792. The number of halogens is 2. The summed E-state index contributed by atoms with van der Waals surface area (Å²) in [6, 6.07) is 10.9. The second-order valence-electron chi connectivity index (χ2n) is 4.36. The van der Waals surface area contributed by atoms with Crippen LogP contribution < -0.4 is 5.32 Å². The van der Waals surface area contributed by atoms with Gasteiger partial charge in [-0.2, -0.15) is 10.2 Å². The third-order valence-corrected chi connectivity index (χ3v) is 3.02. The van der Waals surface area contributed by atoms with Gasteiger partial charge in [-0.25, -0.2) is 8.78 Å². The van der Waals surface area contributed by atoms with Crippen LogP contribution in [0.1, 0.15) is 5.56 Å². The van der Waals surface area contributed by atoms with E-state index in [2.05, 4.69) is 15.5 Å². The van der Waals surface area contributed by atoms with Crippen molar-refractivity contribution < 1.29 is 8.78 Å². The van der Waals surface area contributed by atoms with Crippen molar-refractivity contribution in [3.63, 3.8) is 0 Å². The lowest BCUT2D eigenvalue weighted by Gasteiger charge is -2.09. The van der Waals surface area contributed by atoms with Crippen LogP contribution in [0.25, 0.3) is 10.9 Å². The lowest BCUT2D eigenvalue weighted by atomic mass is 10.2. The van der Waals surface area contributed by atoms with Crippen molar-refractivity contribution >= 4 is 16.6 Å². The molecule has 0 aliphatic heterocycles. The topological polar surface area (TPSA) is 37.8 Å². The molecule has 0 saturated heterocycles. The van der Waals surface area contributed by atoms with Crippen molar-refractivity contribution in [3.05, 3.63) is 65.9 Å². The Morgan fingerprint density at radius 3 is 2.80 bits per heavy atom. The van der Waals surface area contributed by atoms with Gasteiger partial charge in [0.05, 0.1) is 17.4 Å². The number of fused-ring (bicyclic) bond motifs is 1. The third kappa shape index (κ3) is 2.42. The Balaban J connectivity index is 1.89. The Kier molecular flexibility index (Phi) is 3.25. The van der Waals surface area contributed by atoms with E-state index in [1.54, 1.807) is 6.20 Å². The van der Waals surface area contributed by atoms with Crippen LogP contribution in [0.4, 0.5) is 14.5 Å². The Hall–Kier alpha value is -2.56. The van der Waals surface area contributed by atoms with Gasteiger partial charge in [0.2, 0.25) is 0 Å². The SMILES string of the molecule is Fc1ccc(F)c(CNc2cnnc3ccccc23)c1. The van der Waals surface area contributed by atoms with Crippen LogP contribution in [-0.4, -0.2) is 10.2 Å². The molecule has 100 valence electrons. The maximum Gasteiger partial charge on any atom is 0.128 e. The van der Waals surface area contributed by atoms with Crippen LogP contribution in [0.15, 0.2) is 48.7 Å². The van der Waals surface area contributed by atoms with Crippen molar-refractivity contribution in [1.29, 1.82) is 0 Å². The molecule has 5 heteroatoms. The van der Waals surface area contributed by atoms with Gasteiger partial charge in [-0.15, -0.1) is 0 Å². The Bertz CT molecular complexity index is 754. The van der Waals surface area contributed by atoms with E-state index in [0.717, 1.165) is 28.7 Å². The second-order valence-corrected chi connectivity index (χ2v) is 4.36. The first-order chi connectivity index (χ1) is 9.74. The molecule has 0 aliphatic carbocycles. The molecule has 1 aromatic heterocycles. The van der Waals surface area contributed by atoms with Crippen molar-refractivity contribution in [2.45, 2.75) is 6.54 Å². The minimum atomic E-state index is -0.457. The van der Waals surface area contributed by atoms with Crippen LogP contribution in [0.5, 0.6) is 0 Å². The molecule has 0 radical (unpaired) electrons. The molecule has 3 rings (SSSR count). The molecule has 0 atom stereocenters. The first kappa shape index (κ1) is 12.5. The van der Waals surface area contributed by atoms with Gasteiger partial charge in [0.1, 0.15) is 11.6 Å². The lowest BCUT2D eigenvalue weighted by Crippen LogP contribution is -2.03. The summed E-state index contributed by atoms with van der Waals surface area (Å²) < 4.78 is 26.7. The zero-order valence-corrected chi connectivity index (χ0v) is 10.5. The Morgan fingerprint density at radius 1 is 1.05 bits per heavy atom. The summed E-state index contributed by atoms with van der Waals surface area (Å²) >= 11 is 0. The number of hydrogen-bond donors (Lipinski definition) is 1. The van der Waals surface area contributed by atoms with Gasteiger partial charge >= 0.3 is 0 Å². The van der Waals surface area contributed by atoms with Gasteiger partial charge in [0.15, 0.2) is 0 Å². The first-order valence-corrected chi connectivity index (χ1v) is 6.12. The molecule has 3 nitrogen and oxygen atoms in total. The van der Waals surface area contributed by atoms with Crippen molar-refractivity contribution in [2.24, 2.45) is 0 Å². The van der Waals surface area contributed by atoms with E-state index in [1.165, 1.54) is 6.07 Å². The van der Waals surface area contributed by atoms with Gasteiger partial charge < -0.3 is 5.32 Å². The molecule has 1 heterocycles. The highest BCUT2D eigenvalue weighted by atomic mass is 19.1. The molecule has 0 aliphatic rings. The van der Waals surface area contributed by atoms with Crippen molar-refractivity contribution in [1.82, 2.24) is 10.2 Å². The predicted octanol–water partition coefficient (Wildman–Crippen LogP) is 3.52. The van der Waals surface area contributed by atoms with Gasteiger partial charge in [0.25, 0.3) is 0 Å². The summed E-state index contributed by atoms with van der Waals surface area (Å²) in [6.07, 6.45) is 1.57.